The minimum absolute atomic E-state index is 0.161. The van der Waals surface area contributed by atoms with Crippen LogP contribution in [-0.4, -0.2) is 48.1 Å². The van der Waals surface area contributed by atoms with Crippen LogP contribution in [0, 0.1) is 0 Å². The van der Waals surface area contributed by atoms with Crippen molar-refractivity contribution in [2.75, 3.05) is 31.2 Å². The fourth-order valence-electron chi connectivity index (χ4n) is 2.09. The second kappa shape index (κ2) is 7.03. The van der Waals surface area contributed by atoms with Gasteiger partial charge in [0.05, 0.1) is 13.2 Å². The molecular weight excluding hydrogens is 336 g/mol. The summed E-state index contributed by atoms with van der Waals surface area (Å²) in [6.07, 6.45) is 4.89. The predicted octanol–water partition coefficient (Wildman–Crippen LogP) is 2.64. The number of ether oxygens (including phenoxy) is 1. The molecule has 23 heavy (non-hydrogen) atoms. The molecule has 1 N–H and O–H groups in total. The summed E-state index contributed by atoms with van der Waals surface area (Å²) in [6.45, 7) is 3.05. The molecule has 0 bridgehead atoms. The number of aromatic carboxylic acids is 1. The lowest BCUT2D eigenvalue weighted by Crippen LogP contribution is -2.36. The summed E-state index contributed by atoms with van der Waals surface area (Å²) >= 11 is 2.56. The normalized spacial score (nSPS) is 15.2. The Hall–Kier alpha value is -2.03. The molecule has 2 aromatic heterocycles. The topological polar surface area (TPSA) is 79.7 Å². The second-order valence-electron chi connectivity index (χ2n) is 4.85. The van der Waals surface area contributed by atoms with Crippen molar-refractivity contribution in [2.45, 2.75) is 0 Å². The third-order valence-electron chi connectivity index (χ3n) is 3.29. The van der Waals surface area contributed by atoms with Crippen LogP contribution < -0.4 is 4.90 Å². The fourth-order valence-corrected chi connectivity index (χ4v) is 3.69. The number of ketones is 1. The highest BCUT2D eigenvalue weighted by Gasteiger charge is 2.14. The Balaban J connectivity index is 1.66. The summed E-state index contributed by atoms with van der Waals surface area (Å²) in [7, 11) is 0. The van der Waals surface area contributed by atoms with E-state index in [0.717, 1.165) is 34.4 Å². The number of hydrogen-bond donors (Lipinski definition) is 1. The molecule has 1 saturated heterocycles. The molecule has 0 aromatic carbocycles. The average Bonchev–Trinajstić information content (AvgIpc) is 3.23. The van der Waals surface area contributed by atoms with Crippen LogP contribution in [0.3, 0.4) is 0 Å². The largest absolute Gasteiger partial charge is 0.477 e. The van der Waals surface area contributed by atoms with E-state index < -0.39 is 5.97 Å². The maximum absolute atomic E-state index is 12.0. The molecule has 0 amide bonds. The molecule has 0 saturated carbocycles. The van der Waals surface area contributed by atoms with Crippen molar-refractivity contribution in [3.8, 4) is 0 Å². The Morgan fingerprint density at radius 3 is 2.83 bits per heavy atom. The number of thiophene rings is 1. The SMILES string of the molecule is O=C(/C=C/c1cnc(N2CCOCC2)s1)c1csc(C(=O)O)c1. The van der Waals surface area contributed by atoms with Crippen LogP contribution in [0.4, 0.5) is 5.13 Å². The number of allylic oxidation sites excluding steroid dienone is 1. The third-order valence-corrected chi connectivity index (χ3v) is 5.23. The average molecular weight is 350 g/mol. The number of rotatable bonds is 5. The van der Waals surface area contributed by atoms with Crippen molar-refractivity contribution in [3.63, 3.8) is 0 Å². The first-order valence-electron chi connectivity index (χ1n) is 6.96. The highest BCUT2D eigenvalue weighted by Crippen LogP contribution is 2.24. The number of thiazole rings is 1. The molecular formula is C15H14N2O4S2. The van der Waals surface area contributed by atoms with E-state index in [0.29, 0.717) is 18.8 Å². The summed E-state index contributed by atoms with van der Waals surface area (Å²) in [6, 6.07) is 1.39. The van der Waals surface area contributed by atoms with Crippen LogP contribution in [0.5, 0.6) is 0 Å². The summed E-state index contributed by atoms with van der Waals surface area (Å²) in [5.74, 6) is -1.23. The maximum Gasteiger partial charge on any atom is 0.345 e. The highest BCUT2D eigenvalue weighted by molar-refractivity contribution is 7.16. The molecule has 120 valence electrons. The van der Waals surface area contributed by atoms with Crippen molar-refractivity contribution in [2.24, 2.45) is 0 Å². The maximum atomic E-state index is 12.0. The molecule has 1 fully saturated rings. The zero-order chi connectivity index (χ0) is 16.2. The summed E-state index contributed by atoms with van der Waals surface area (Å²) in [4.78, 5) is 30.4. The van der Waals surface area contributed by atoms with E-state index >= 15 is 0 Å². The second-order valence-corrected chi connectivity index (χ2v) is 6.80. The molecule has 0 aliphatic carbocycles. The Kier molecular flexibility index (Phi) is 4.85. The minimum Gasteiger partial charge on any atom is -0.477 e. The Morgan fingerprint density at radius 2 is 2.13 bits per heavy atom. The van der Waals surface area contributed by atoms with Gasteiger partial charge in [0.2, 0.25) is 0 Å². The Labute approximate surface area is 140 Å². The Bertz CT molecular complexity index is 744. The number of carboxylic acids is 1. The third kappa shape index (κ3) is 3.84. The van der Waals surface area contributed by atoms with Crippen LogP contribution in [0.1, 0.15) is 24.9 Å². The zero-order valence-corrected chi connectivity index (χ0v) is 13.7. The first-order chi connectivity index (χ1) is 11.1. The van der Waals surface area contributed by atoms with E-state index in [4.69, 9.17) is 9.84 Å². The monoisotopic (exact) mass is 350 g/mol. The van der Waals surface area contributed by atoms with Crippen molar-refractivity contribution in [1.82, 2.24) is 4.98 Å². The van der Waals surface area contributed by atoms with E-state index in [1.165, 1.54) is 23.5 Å². The molecule has 3 heterocycles. The number of carbonyl (C=O) groups is 2. The van der Waals surface area contributed by atoms with Crippen molar-refractivity contribution in [1.29, 1.82) is 0 Å². The van der Waals surface area contributed by atoms with Gasteiger partial charge >= 0.3 is 5.97 Å². The smallest absolute Gasteiger partial charge is 0.345 e. The van der Waals surface area contributed by atoms with E-state index in [9.17, 15) is 9.59 Å². The molecule has 1 aliphatic rings. The zero-order valence-electron chi connectivity index (χ0n) is 12.1. The first kappa shape index (κ1) is 15.9. The van der Waals surface area contributed by atoms with E-state index in [2.05, 4.69) is 9.88 Å². The summed E-state index contributed by atoms with van der Waals surface area (Å²) in [5.41, 5.74) is 0.390. The minimum atomic E-state index is -1.02. The molecule has 0 spiro atoms. The molecule has 2 aromatic rings. The van der Waals surface area contributed by atoms with Crippen LogP contribution >= 0.6 is 22.7 Å². The van der Waals surface area contributed by atoms with Crippen molar-refractivity contribution >= 4 is 45.6 Å². The van der Waals surface area contributed by atoms with Crippen molar-refractivity contribution < 1.29 is 19.4 Å². The number of anilines is 1. The van der Waals surface area contributed by atoms with Gasteiger partial charge < -0.3 is 14.7 Å². The van der Waals surface area contributed by atoms with Gasteiger partial charge in [-0.2, -0.15) is 0 Å². The summed E-state index contributed by atoms with van der Waals surface area (Å²) in [5, 5.41) is 11.4. The lowest BCUT2D eigenvalue weighted by atomic mass is 10.2. The van der Waals surface area contributed by atoms with Gasteiger partial charge in [0, 0.05) is 35.1 Å². The highest BCUT2D eigenvalue weighted by atomic mass is 32.1. The molecule has 6 nitrogen and oxygen atoms in total. The number of carboxylic acid groups (broad SMARTS) is 1. The van der Waals surface area contributed by atoms with Crippen LogP contribution in [0.25, 0.3) is 6.08 Å². The molecule has 0 atom stereocenters. The van der Waals surface area contributed by atoms with Gasteiger partial charge in [0.25, 0.3) is 0 Å². The first-order valence-corrected chi connectivity index (χ1v) is 8.66. The van der Waals surface area contributed by atoms with Gasteiger partial charge in [0.15, 0.2) is 10.9 Å². The Morgan fingerprint density at radius 1 is 1.35 bits per heavy atom. The van der Waals surface area contributed by atoms with Gasteiger partial charge in [-0.3, -0.25) is 4.79 Å². The van der Waals surface area contributed by atoms with Crippen LogP contribution in [0.15, 0.2) is 23.7 Å². The summed E-state index contributed by atoms with van der Waals surface area (Å²) < 4.78 is 5.31. The van der Waals surface area contributed by atoms with Gasteiger partial charge in [-0.25, -0.2) is 9.78 Å². The van der Waals surface area contributed by atoms with Gasteiger partial charge in [-0.15, -0.1) is 11.3 Å². The molecule has 0 radical (unpaired) electrons. The number of hydrogen-bond acceptors (Lipinski definition) is 7. The molecule has 3 rings (SSSR count). The van der Waals surface area contributed by atoms with Gasteiger partial charge in [-0.05, 0) is 18.2 Å². The van der Waals surface area contributed by atoms with Crippen molar-refractivity contribution in [3.05, 3.63) is 39.0 Å². The molecule has 1 aliphatic heterocycles. The quantitative estimate of drug-likeness (QED) is 0.660. The van der Waals surface area contributed by atoms with Crippen LogP contribution in [-0.2, 0) is 4.74 Å². The van der Waals surface area contributed by atoms with E-state index in [-0.39, 0.29) is 10.7 Å². The standard InChI is InChI=1S/C15H14N2O4S2/c18-12(10-7-13(14(19)20)22-9-10)2-1-11-8-16-15(23-11)17-3-5-21-6-4-17/h1-2,7-9H,3-6H2,(H,19,20)/b2-1+. The molecule has 8 heteroatoms. The van der Waals surface area contributed by atoms with Crippen LogP contribution in [0.2, 0.25) is 0 Å². The predicted molar refractivity (Wildman–Crippen MR) is 89.8 cm³/mol. The number of carbonyl (C=O) groups excluding carboxylic acids is 1. The van der Waals surface area contributed by atoms with E-state index in [1.54, 1.807) is 17.7 Å². The number of morpholine rings is 1. The van der Waals surface area contributed by atoms with Gasteiger partial charge in [0.1, 0.15) is 4.88 Å². The fraction of sp³-hybridized carbons (Fsp3) is 0.267. The number of aromatic nitrogens is 1. The molecule has 0 unspecified atom stereocenters. The van der Waals surface area contributed by atoms with E-state index in [1.807, 2.05) is 0 Å². The lowest BCUT2D eigenvalue weighted by Gasteiger charge is -2.25. The number of nitrogens with zero attached hydrogens (tertiary/aromatic N) is 2. The lowest BCUT2D eigenvalue weighted by molar-refractivity contribution is 0.0702. The van der Waals surface area contributed by atoms with Gasteiger partial charge in [-0.1, -0.05) is 11.3 Å².